The molecule has 0 saturated heterocycles. The van der Waals surface area contributed by atoms with Crippen LogP contribution in [0, 0.1) is 0 Å². The second kappa shape index (κ2) is 8.43. The summed E-state index contributed by atoms with van der Waals surface area (Å²) in [5.41, 5.74) is 0.133. The first-order valence-electron chi connectivity index (χ1n) is 7.93. The van der Waals surface area contributed by atoms with Crippen LogP contribution in [0.3, 0.4) is 0 Å². The summed E-state index contributed by atoms with van der Waals surface area (Å²) in [5, 5.41) is 12.6. The molecule has 0 spiro atoms. The lowest BCUT2D eigenvalue weighted by atomic mass is 10.1. The zero-order valence-electron chi connectivity index (χ0n) is 14.4. The molecular weight excluding hydrogens is 377 g/mol. The number of halogens is 2. The molecule has 0 unspecified atom stereocenters. The van der Waals surface area contributed by atoms with Crippen LogP contribution in [0.5, 0.6) is 5.75 Å². The molecule has 1 amide bonds. The Kier molecular flexibility index (Phi) is 6.51. The Hall–Kier alpha value is -2.24. The molecule has 26 heavy (non-hydrogen) atoms. The van der Waals surface area contributed by atoms with Gasteiger partial charge in [-0.1, -0.05) is 35.3 Å². The number of hydrogen-bond donors (Lipinski definition) is 2. The number of aliphatic carboxylic acids is 1. The Morgan fingerprint density at radius 3 is 2.31 bits per heavy atom. The van der Waals surface area contributed by atoms with E-state index in [1.807, 2.05) is 12.1 Å². The summed E-state index contributed by atoms with van der Waals surface area (Å²) in [5.74, 6) is -0.792. The highest BCUT2D eigenvalue weighted by Gasteiger charge is 2.29. The number of nitrogens with one attached hydrogen (secondary N) is 1. The first-order chi connectivity index (χ1) is 12.2. The van der Waals surface area contributed by atoms with E-state index in [4.69, 9.17) is 33.0 Å². The number of carbonyl (C=O) groups excluding carboxylic acids is 1. The van der Waals surface area contributed by atoms with Gasteiger partial charge in [-0.15, -0.1) is 0 Å². The van der Waals surface area contributed by atoms with Crippen molar-refractivity contribution >= 4 is 35.1 Å². The minimum atomic E-state index is -1.30. The van der Waals surface area contributed by atoms with Crippen LogP contribution < -0.4 is 10.1 Å². The number of hydrogen-bond acceptors (Lipinski definition) is 3. The fraction of sp³-hybridized carbons (Fsp3) is 0.263. The van der Waals surface area contributed by atoms with Gasteiger partial charge in [0.25, 0.3) is 5.91 Å². The maximum absolute atomic E-state index is 12.1. The average molecular weight is 396 g/mol. The second-order valence-electron chi connectivity index (χ2n) is 6.20. The topological polar surface area (TPSA) is 75.6 Å². The van der Waals surface area contributed by atoms with Crippen molar-refractivity contribution < 1.29 is 19.4 Å². The van der Waals surface area contributed by atoms with Crippen LogP contribution in [-0.2, 0) is 11.2 Å². The molecule has 0 aliphatic rings. The molecule has 2 aromatic carbocycles. The second-order valence-corrected chi connectivity index (χ2v) is 7.01. The summed E-state index contributed by atoms with van der Waals surface area (Å²) in [6.07, 6.45) is 0.621. The van der Waals surface area contributed by atoms with Gasteiger partial charge >= 0.3 is 5.97 Å². The monoisotopic (exact) mass is 395 g/mol. The predicted octanol–water partition coefficient (Wildman–Crippen LogP) is 4.21. The van der Waals surface area contributed by atoms with Gasteiger partial charge in [0.2, 0.25) is 0 Å². The lowest BCUT2D eigenvalue weighted by molar-refractivity contribution is -0.152. The number of carboxylic acid groups (broad SMARTS) is 1. The fourth-order valence-corrected chi connectivity index (χ4v) is 2.42. The van der Waals surface area contributed by atoms with E-state index in [1.165, 1.54) is 19.9 Å². The maximum Gasteiger partial charge on any atom is 0.347 e. The number of benzene rings is 2. The molecule has 0 bridgehead atoms. The maximum atomic E-state index is 12.1. The van der Waals surface area contributed by atoms with Gasteiger partial charge in [-0.05, 0) is 56.2 Å². The smallest absolute Gasteiger partial charge is 0.347 e. The quantitative estimate of drug-likeness (QED) is 0.735. The number of rotatable bonds is 7. The van der Waals surface area contributed by atoms with E-state index in [9.17, 15) is 9.59 Å². The highest BCUT2D eigenvalue weighted by atomic mass is 35.5. The number of amides is 1. The van der Waals surface area contributed by atoms with E-state index < -0.39 is 11.6 Å². The van der Waals surface area contributed by atoms with Gasteiger partial charge in [0.15, 0.2) is 5.60 Å². The van der Waals surface area contributed by atoms with E-state index in [0.717, 1.165) is 5.56 Å². The molecule has 0 aromatic heterocycles. The number of carbonyl (C=O) groups is 2. The van der Waals surface area contributed by atoms with Gasteiger partial charge in [0, 0.05) is 12.1 Å². The first kappa shape index (κ1) is 20.1. The van der Waals surface area contributed by atoms with Gasteiger partial charge in [0.1, 0.15) is 5.75 Å². The van der Waals surface area contributed by atoms with E-state index in [0.29, 0.717) is 34.3 Å². The van der Waals surface area contributed by atoms with Gasteiger partial charge in [-0.25, -0.2) is 4.79 Å². The van der Waals surface area contributed by atoms with Crippen LogP contribution in [0.15, 0.2) is 42.5 Å². The van der Waals surface area contributed by atoms with Gasteiger partial charge < -0.3 is 15.2 Å². The van der Waals surface area contributed by atoms with Crippen molar-refractivity contribution in [2.45, 2.75) is 25.9 Å². The van der Waals surface area contributed by atoms with Crippen LogP contribution in [0.1, 0.15) is 29.8 Å². The van der Waals surface area contributed by atoms with Crippen molar-refractivity contribution in [1.29, 1.82) is 0 Å². The molecule has 0 saturated carbocycles. The van der Waals surface area contributed by atoms with Crippen molar-refractivity contribution in [3.8, 4) is 5.75 Å². The Morgan fingerprint density at radius 2 is 1.73 bits per heavy atom. The molecule has 0 fully saturated rings. The Morgan fingerprint density at radius 1 is 1.08 bits per heavy atom. The lowest BCUT2D eigenvalue weighted by Gasteiger charge is -2.21. The Labute approximate surface area is 161 Å². The summed E-state index contributed by atoms with van der Waals surface area (Å²) in [6.45, 7) is 3.42. The zero-order valence-corrected chi connectivity index (χ0v) is 15.9. The fourth-order valence-electron chi connectivity index (χ4n) is 2.12. The number of ether oxygens (including phenoxy) is 1. The molecule has 0 aliphatic carbocycles. The van der Waals surface area contributed by atoms with Gasteiger partial charge in [-0.2, -0.15) is 0 Å². The molecule has 2 rings (SSSR count). The van der Waals surface area contributed by atoms with Gasteiger partial charge in [0.05, 0.1) is 10.0 Å². The minimum Gasteiger partial charge on any atom is -0.478 e. The molecule has 0 radical (unpaired) electrons. The van der Waals surface area contributed by atoms with E-state index in [-0.39, 0.29) is 5.91 Å². The summed E-state index contributed by atoms with van der Waals surface area (Å²) in [4.78, 5) is 23.2. The Bertz CT molecular complexity index is 804. The minimum absolute atomic E-state index is 0.230. The molecular formula is C19H19Cl2NO4. The third kappa shape index (κ3) is 5.38. The average Bonchev–Trinajstić information content (AvgIpc) is 2.58. The molecule has 0 heterocycles. The molecule has 5 nitrogen and oxygen atoms in total. The van der Waals surface area contributed by atoms with Crippen LogP contribution in [-0.4, -0.2) is 29.1 Å². The van der Waals surface area contributed by atoms with E-state index in [2.05, 4.69) is 5.32 Å². The lowest BCUT2D eigenvalue weighted by Crippen LogP contribution is -2.37. The van der Waals surface area contributed by atoms with Crippen molar-refractivity contribution in [2.75, 3.05) is 6.54 Å². The van der Waals surface area contributed by atoms with Crippen molar-refractivity contribution in [2.24, 2.45) is 0 Å². The van der Waals surface area contributed by atoms with Crippen molar-refractivity contribution in [1.82, 2.24) is 5.32 Å². The summed E-state index contributed by atoms with van der Waals surface area (Å²) < 4.78 is 5.45. The van der Waals surface area contributed by atoms with Crippen LogP contribution >= 0.6 is 23.2 Å². The van der Waals surface area contributed by atoms with Crippen LogP contribution in [0.25, 0.3) is 0 Å². The van der Waals surface area contributed by atoms with Crippen LogP contribution in [0.2, 0.25) is 10.0 Å². The van der Waals surface area contributed by atoms with Crippen LogP contribution in [0.4, 0.5) is 0 Å². The number of carboxylic acids is 1. The highest BCUT2D eigenvalue weighted by molar-refractivity contribution is 6.42. The predicted molar refractivity (Wildman–Crippen MR) is 101 cm³/mol. The molecule has 7 heteroatoms. The SMILES string of the molecule is CC(C)(Oc1ccc(CCNC(=O)c2ccc(Cl)c(Cl)c2)cc1)C(=O)O. The normalized spacial score (nSPS) is 11.1. The molecule has 2 N–H and O–H groups in total. The molecule has 138 valence electrons. The van der Waals surface area contributed by atoms with Crippen molar-refractivity contribution in [3.05, 3.63) is 63.6 Å². The van der Waals surface area contributed by atoms with Crippen molar-refractivity contribution in [3.63, 3.8) is 0 Å². The summed E-state index contributed by atoms with van der Waals surface area (Å²) in [7, 11) is 0. The first-order valence-corrected chi connectivity index (χ1v) is 8.69. The van der Waals surface area contributed by atoms with E-state index >= 15 is 0 Å². The summed E-state index contributed by atoms with van der Waals surface area (Å²) in [6, 6.07) is 11.8. The Balaban J connectivity index is 1.87. The largest absolute Gasteiger partial charge is 0.478 e. The third-order valence-electron chi connectivity index (χ3n) is 3.69. The van der Waals surface area contributed by atoms with E-state index in [1.54, 1.807) is 24.3 Å². The third-order valence-corrected chi connectivity index (χ3v) is 4.43. The standard InChI is InChI=1S/C19H19Cl2NO4/c1-19(2,18(24)25)26-14-6-3-12(4-7-14)9-10-22-17(23)13-5-8-15(20)16(21)11-13/h3-8,11H,9-10H2,1-2H3,(H,22,23)(H,24,25). The highest BCUT2D eigenvalue weighted by Crippen LogP contribution is 2.22. The zero-order chi connectivity index (χ0) is 19.3. The van der Waals surface area contributed by atoms with Gasteiger partial charge in [-0.3, -0.25) is 4.79 Å². The molecule has 0 atom stereocenters. The molecule has 0 aliphatic heterocycles. The molecule has 2 aromatic rings. The summed E-state index contributed by atoms with van der Waals surface area (Å²) >= 11 is 11.7.